The summed E-state index contributed by atoms with van der Waals surface area (Å²) in [6.07, 6.45) is 0. The Kier molecular flexibility index (Phi) is 5.63. The van der Waals surface area contributed by atoms with Crippen molar-refractivity contribution in [1.29, 1.82) is 0 Å². The van der Waals surface area contributed by atoms with Crippen LogP contribution in [-0.4, -0.2) is 47.7 Å². The third-order valence-corrected chi connectivity index (χ3v) is 6.74. The number of methoxy groups -OCH3 is 1. The summed E-state index contributed by atoms with van der Waals surface area (Å²) < 4.78 is 40.0. The van der Waals surface area contributed by atoms with E-state index >= 15 is 0 Å². The first-order valence-electron chi connectivity index (χ1n) is 9.97. The Morgan fingerprint density at radius 3 is 2.55 bits per heavy atom. The van der Waals surface area contributed by atoms with Crippen LogP contribution in [0.5, 0.6) is 5.75 Å². The van der Waals surface area contributed by atoms with Crippen molar-refractivity contribution >= 4 is 38.6 Å². The molecule has 164 valence electrons. The lowest BCUT2D eigenvalue weighted by molar-refractivity contribution is -0.110. The second-order valence-electron chi connectivity index (χ2n) is 7.60. The first kappa shape index (κ1) is 21.2. The number of anilines is 3. The van der Waals surface area contributed by atoms with Crippen LogP contribution in [0.25, 0.3) is 5.57 Å². The number of hydrogen-bond donors (Lipinski definition) is 2. The standard InChI is InChI=1S/C22H25N3O5S/c1-14(2)21-15-12-17(24-31(27,28)20-7-5-4-6-19(20)29-3)18(13-16(15)23-22(21)26)25-8-10-30-11-9-25/h4-7,12-13,24H,8-11H2,1-3H3,(H,23,26). The number of sulfonamides is 1. The molecule has 0 unspecified atom stereocenters. The molecule has 1 saturated heterocycles. The fraction of sp³-hybridized carbons (Fsp3) is 0.318. The molecular formula is C22H25N3O5S. The Balaban J connectivity index is 1.84. The number of rotatable bonds is 5. The minimum absolute atomic E-state index is 0.0440. The number of hydrogen-bond acceptors (Lipinski definition) is 6. The Morgan fingerprint density at radius 1 is 1.16 bits per heavy atom. The highest BCUT2D eigenvalue weighted by molar-refractivity contribution is 7.92. The van der Waals surface area contributed by atoms with E-state index in [1.807, 2.05) is 19.9 Å². The summed E-state index contributed by atoms with van der Waals surface area (Å²) in [4.78, 5) is 14.6. The number of benzene rings is 2. The average Bonchev–Trinajstić information content (AvgIpc) is 3.08. The minimum Gasteiger partial charge on any atom is -0.495 e. The monoisotopic (exact) mass is 443 g/mol. The fourth-order valence-corrected chi connectivity index (χ4v) is 5.13. The van der Waals surface area contributed by atoms with Gasteiger partial charge in [-0.2, -0.15) is 0 Å². The van der Waals surface area contributed by atoms with E-state index < -0.39 is 10.0 Å². The number of para-hydroxylation sites is 1. The lowest BCUT2D eigenvalue weighted by Crippen LogP contribution is -2.36. The third kappa shape index (κ3) is 3.98. The second-order valence-corrected chi connectivity index (χ2v) is 9.25. The summed E-state index contributed by atoms with van der Waals surface area (Å²) in [5.74, 6) is 0.0681. The predicted octanol–water partition coefficient (Wildman–Crippen LogP) is 3.08. The van der Waals surface area contributed by atoms with Gasteiger partial charge in [0.25, 0.3) is 15.9 Å². The van der Waals surface area contributed by atoms with E-state index in [2.05, 4.69) is 14.9 Å². The van der Waals surface area contributed by atoms with E-state index in [1.54, 1.807) is 24.3 Å². The molecule has 31 heavy (non-hydrogen) atoms. The van der Waals surface area contributed by atoms with E-state index in [1.165, 1.54) is 13.2 Å². The number of amides is 1. The number of fused-ring (bicyclic) bond motifs is 1. The van der Waals surface area contributed by atoms with Gasteiger partial charge in [0.1, 0.15) is 10.6 Å². The molecule has 1 fully saturated rings. The maximum atomic E-state index is 13.3. The van der Waals surface area contributed by atoms with Crippen LogP contribution < -0.4 is 19.7 Å². The highest BCUT2D eigenvalue weighted by atomic mass is 32.2. The number of morpholine rings is 1. The molecule has 2 aromatic rings. The Morgan fingerprint density at radius 2 is 1.87 bits per heavy atom. The Labute approximate surface area is 181 Å². The summed E-state index contributed by atoms with van der Waals surface area (Å²) in [5, 5.41) is 2.90. The molecular weight excluding hydrogens is 418 g/mol. The van der Waals surface area contributed by atoms with Crippen molar-refractivity contribution in [2.45, 2.75) is 18.7 Å². The van der Waals surface area contributed by atoms with Crippen molar-refractivity contribution in [3.63, 3.8) is 0 Å². The first-order chi connectivity index (χ1) is 14.8. The molecule has 0 bridgehead atoms. The van der Waals surface area contributed by atoms with E-state index in [0.29, 0.717) is 54.5 Å². The molecule has 4 rings (SSSR count). The van der Waals surface area contributed by atoms with Crippen LogP contribution in [-0.2, 0) is 19.6 Å². The summed E-state index contributed by atoms with van der Waals surface area (Å²) in [6.45, 7) is 6.04. The molecule has 2 aliphatic rings. The van der Waals surface area contributed by atoms with Crippen molar-refractivity contribution in [1.82, 2.24) is 0 Å². The van der Waals surface area contributed by atoms with Crippen LogP contribution in [0.3, 0.4) is 0 Å². The smallest absolute Gasteiger partial charge is 0.265 e. The predicted molar refractivity (Wildman–Crippen MR) is 120 cm³/mol. The van der Waals surface area contributed by atoms with Crippen molar-refractivity contribution in [3.05, 3.63) is 47.5 Å². The van der Waals surface area contributed by atoms with Gasteiger partial charge in [-0.15, -0.1) is 0 Å². The molecule has 0 aromatic heterocycles. The highest BCUT2D eigenvalue weighted by Gasteiger charge is 2.30. The van der Waals surface area contributed by atoms with E-state index in [9.17, 15) is 13.2 Å². The van der Waals surface area contributed by atoms with Crippen LogP contribution in [0.2, 0.25) is 0 Å². The van der Waals surface area contributed by atoms with Gasteiger partial charge in [0.15, 0.2) is 0 Å². The number of carbonyl (C=O) groups excluding carboxylic acids is 1. The van der Waals surface area contributed by atoms with Gasteiger partial charge in [-0.1, -0.05) is 17.7 Å². The Hall–Kier alpha value is -3.04. The molecule has 0 aliphatic carbocycles. The molecule has 2 aromatic carbocycles. The van der Waals surface area contributed by atoms with Gasteiger partial charge in [0.2, 0.25) is 0 Å². The fourth-order valence-electron chi connectivity index (χ4n) is 3.89. The lowest BCUT2D eigenvalue weighted by atomic mass is 10.0. The second kappa shape index (κ2) is 8.24. The molecule has 0 spiro atoms. The van der Waals surface area contributed by atoms with Crippen molar-refractivity contribution < 1.29 is 22.7 Å². The molecule has 0 radical (unpaired) electrons. The van der Waals surface area contributed by atoms with Crippen molar-refractivity contribution in [2.75, 3.05) is 48.4 Å². The quantitative estimate of drug-likeness (QED) is 0.690. The zero-order valence-electron chi connectivity index (χ0n) is 17.7. The van der Waals surface area contributed by atoms with E-state index in [0.717, 1.165) is 5.57 Å². The number of carbonyl (C=O) groups is 1. The van der Waals surface area contributed by atoms with Crippen molar-refractivity contribution in [2.24, 2.45) is 0 Å². The first-order valence-corrected chi connectivity index (χ1v) is 11.5. The summed E-state index contributed by atoms with van der Waals surface area (Å²) in [7, 11) is -2.51. The van der Waals surface area contributed by atoms with Crippen LogP contribution in [0.1, 0.15) is 19.4 Å². The molecule has 0 saturated carbocycles. The van der Waals surface area contributed by atoms with Gasteiger partial charge >= 0.3 is 0 Å². The maximum Gasteiger partial charge on any atom is 0.265 e. The highest BCUT2D eigenvalue weighted by Crippen LogP contribution is 2.42. The summed E-state index contributed by atoms with van der Waals surface area (Å²) in [6, 6.07) is 10.0. The van der Waals surface area contributed by atoms with E-state index in [-0.39, 0.29) is 16.6 Å². The average molecular weight is 444 g/mol. The van der Waals surface area contributed by atoms with Gasteiger partial charge < -0.3 is 19.7 Å². The van der Waals surface area contributed by atoms with Crippen LogP contribution in [0.4, 0.5) is 17.1 Å². The van der Waals surface area contributed by atoms with Gasteiger partial charge in [-0.05, 0) is 38.1 Å². The normalized spacial score (nSPS) is 16.0. The van der Waals surface area contributed by atoms with Gasteiger partial charge in [-0.25, -0.2) is 8.42 Å². The maximum absolute atomic E-state index is 13.3. The molecule has 2 N–H and O–H groups in total. The molecule has 0 atom stereocenters. The number of ether oxygens (including phenoxy) is 2. The van der Waals surface area contributed by atoms with Gasteiger partial charge in [0.05, 0.1) is 37.4 Å². The topological polar surface area (TPSA) is 97.0 Å². The molecule has 8 nitrogen and oxygen atoms in total. The molecule has 1 amide bonds. The molecule has 2 heterocycles. The van der Waals surface area contributed by atoms with Crippen LogP contribution >= 0.6 is 0 Å². The lowest BCUT2D eigenvalue weighted by Gasteiger charge is -2.31. The van der Waals surface area contributed by atoms with Gasteiger partial charge in [-0.3, -0.25) is 9.52 Å². The number of nitrogens with zero attached hydrogens (tertiary/aromatic N) is 1. The number of nitrogens with one attached hydrogen (secondary N) is 2. The third-order valence-electron chi connectivity index (χ3n) is 5.34. The van der Waals surface area contributed by atoms with Crippen LogP contribution in [0.15, 0.2) is 46.9 Å². The molecule has 9 heteroatoms. The largest absolute Gasteiger partial charge is 0.495 e. The van der Waals surface area contributed by atoms with E-state index in [4.69, 9.17) is 9.47 Å². The summed E-state index contributed by atoms with van der Waals surface area (Å²) >= 11 is 0. The zero-order chi connectivity index (χ0) is 22.2. The molecule has 2 aliphatic heterocycles. The summed E-state index contributed by atoms with van der Waals surface area (Å²) in [5.41, 5.74) is 3.86. The Bertz CT molecular complexity index is 1160. The SMILES string of the molecule is COc1ccccc1S(=O)(=O)Nc1cc2c(cc1N1CCOCC1)NC(=O)C2=C(C)C. The van der Waals surface area contributed by atoms with Gasteiger partial charge in [0, 0.05) is 24.2 Å². The minimum atomic E-state index is -3.94. The van der Waals surface area contributed by atoms with Crippen molar-refractivity contribution in [3.8, 4) is 5.75 Å². The zero-order valence-corrected chi connectivity index (χ0v) is 18.5. The number of allylic oxidation sites excluding steroid dienone is 1. The van der Waals surface area contributed by atoms with Crippen LogP contribution in [0, 0.1) is 0 Å².